The van der Waals surface area contributed by atoms with Gasteiger partial charge in [0.25, 0.3) is 0 Å². The maximum Gasteiger partial charge on any atom is 0.235 e. The van der Waals surface area contributed by atoms with Crippen LogP contribution in [0.4, 0.5) is 5.69 Å². The summed E-state index contributed by atoms with van der Waals surface area (Å²) in [5.74, 6) is -0.118. The first-order valence-corrected chi connectivity index (χ1v) is 5.44. The van der Waals surface area contributed by atoms with Crippen LogP contribution in [0, 0.1) is 0 Å². The Morgan fingerprint density at radius 2 is 1.59 bits per heavy atom. The van der Waals surface area contributed by atoms with Crippen molar-refractivity contribution < 1.29 is 4.79 Å². The van der Waals surface area contributed by atoms with E-state index in [1.807, 2.05) is 54.6 Å². The molecule has 0 aliphatic heterocycles. The van der Waals surface area contributed by atoms with Crippen molar-refractivity contribution in [1.82, 2.24) is 5.43 Å². The number of hydrazine groups is 1. The fourth-order valence-electron chi connectivity index (χ4n) is 1.62. The van der Waals surface area contributed by atoms with Crippen LogP contribution in [0.15, 0.2) is 54.6 Å². The second kappa shape index (κ2) is 5.16. The zero-order chi connectivity index (χ0) is 12.1. The van der Waals surface area contributed by atoms with E-state index >= 15 is 0 Å². The average Bonchev–Trinajstić information content (AvgIpc) is 2.38. The van der Waals surface area contributed by atoms with Gasteiger partial charge in [-0.25, -0.2) is 0 Å². The van der Waals surface area contributed by atoms with Crippen molar-refractivity contribution in [1.29, 1.82) is 0 Å². The molecule has 0 saturated carbocycles. The van der Waals surface area contributed by atoms with Crippen molar-refractivity contribution in [2.45, 2.75) is 6.92 Å². The van der Waals surface area contributed by atoms with Crippen LogP contribution >= 0.6 is 0 Å². The van der Waals surface area contributed by atoms with Crippen LogP contribution in [-0.2, 0) is 4.79 Å². The lowest BCUT2D eigenvalue weighted by Gasteiger charge is -2.11. The molecule has 0 bridgehead atoms. The molecule has 0 aliphatic rings. The van der Waals surface area contributed by atoms with Crippen LogP contribution in [0.1, 0.15) is 6.92 Å². The second-order valence-electron chi connectivity index (χ2n) is 3.72. The molecular formula is C14H14N2O. The fraction of sp³-hybridized carbons (Fsp3) is 0.0714. The summed E-state index contributed by atoms with van der Waals surface area (Å²) < 4.78 is 0. The van der Waals surface area contributed by atoms with Crippen molar-refractivity contribution >= 4 is 11.6 Å². The van der Waals surface area contributed by atoms with Gasteiger partial charge in [0, 0.05) is 12.5 Å². The van der Waals surface area contributed by atoms with Gasteiger partial charge in [0.15, 0.2) is 0 Å². The lowest BCUT2D eigenvalue weighted by atomic mass is 10.0. The summed E-state index contributed by atoms with van der Waals surface area (Å²) in [6.45, 7) is 1.47. The predicted octanol–water partition coefficient (Wildman–Crippen LogP) is 2.82. The number of benzene rings is 2. The molecule has 0 unspecified atom stereocenters. The lowest BCUT2D eigenvalue weighted by Crippen LogP contribution is -2.26. The van der Waals surface area contributed by atoms with E-state index in [1.165, 1.54) is 6.92 Å². The van der Waals surface area contributed by atoms with Gasteiger partial charge in [0.1, 0.15) is 0 Å². The van der Waals surface area contributed by atoms with Crippen LogP contribution < -0.4 is 10.9 Å². The molecule has 0 spiro atoms. The standard InChI is InChI=1S/C14H14N2O/c1-11(17)15-16-14-10-6-5-9-13(14)12-7-3-2-4-8-12/h2-10,16H,1H3,(H,15,17). The maximum atomic E-state index is 10.9. The van der Waals surface area contributed by atoms with Gasteiger partial charge in [-0.05, 0) is 11.6 Å². The molecule has 0 heterocycles. The van der Waals surface area contributed by atoms with Crippen LogP contribution in [0.2, 0.25) is 0 Å². The Labute approximate surface area is 100 Å². The molecule has 0 saturated heterocycles. The number of carbonyl (C=O) groups excluding carboxylic acids is 1. The highest BCUT2D eigenvalue weighted by molar-refractivity contribution is 5.80. The summed E-state index contributed by atoms with van der Waals surface area (Å²) in [7, 11) is 0. The number of nitrogens with one attached hydrogen (secondary N) is 2. The number of amides is 1. The number of anilines is 1. The molecule has 0 fully saturated rings. The normalized spacial score (nSPS) is 9.71. The smallest absolute Gasteiger partial charge is 0.235 e. The van der Waals surface area contributed by atoms with E-state index in [2.05, 4.69) is 10.9 Å². The predicted molar refractivity (Wildman–Crippen MR) is 69.3 cm³/mol. The highest BCUT2D eigenvalue weighted by Crippen LogP contribution is 2.26. The SMILES string of the molecule is CC(=O)NNc1ccccc1-c1ccccc1. The fourth-order valence-corrected chi connectivity index (χ4v) is 1.62. The van der Waals surface area contributed by atoms with E-state index in [4.69, 9.17) is 0 Å². The van der Waals surface area contributed by atoms with Gasteiger partial charge in [-0.3, -0.25) is 15.6 Å². The minimum Gasteiger partial charge on any atom is -0.298 e. The Bertz CT molecular complexity index is 509. The minimum absolute atomic E-state index is 0.118. The molecular weight excluding hydrogens is 212 g/mol. The van der Waals surface area contributed by atoms with E-state index in [0.717, 1.165) is 16.8 Å². The molecule has 0 radical (unpaired) electrons. The maximum absolute atomic E-state index is 10.9. The summed E-state index contributed by atoms with van der Waals surface area (Å²) in [4.78, 5) is 10.9. The summed E-state index contributed by atoms with van der Waals surface area (Å²) in [5, 5.41) is 0. The number of hydrogen-bond acceptors (Lipinski definition) is 2. The van der Waals surface area contributed by atoms with Crippen molar-refractivity contribution in [2.75, 3.05) is 5.43 Å². The zero-order valence-electron chi connectivity index (χ0n) is 9.60. The topological polar surface area (TPSA) is 41.1 Å². The molecule has 0 aromatic heterocycles. The lowest BCUT2D eigenvalue weighted by molar-refractivity contribution is -0.118. The number of para-hydroxylation sites is 1. The van der Waals surface area contributed by atoms with Crippen LogP contribution in [0.3, 0.4) is 0 Å². The van der Waals surface area contributed by atoms with Crippen LogP contribution in [0.5, 0.6) is 0 Å². The monoisotopic (exact) mass is 226 g/mol. The van der Waals surface area contributed by atoms with Crippen LogP contribution in [0.25, 0.3) is 11.1 Å². The van der Waals surface area contributed by atoms with Crippen molar-refractivity contribution in [3.05, 3.63) is 54.6 Å². The quantitative estimate of drug-likeness (QED) is 0.790. The van der Waals surface area contributed by atoms with Gasteiger partial charge in [-0.2, -0.15) is 0 Å². The Morgan fingerprint density at radius 3 is 2.29 bits per heavy atom. The molecule has 86 valence electrons. The largest absolute Gasteiger partial charge is 0.298 e. The molecule has 0 atom stereocenters. The van der Waals surface area contributed by atoms with Crippen molar-refractivity contribution in [2.24, 2.45) is 0 Å². The van der Waals surface area contributed by atoms with E-state index in [-0.39, 0.29) is 5.91 Å². The van der Waals surface area contributed by atoms with Gasteiger partial charge in [0.05, 0.1) is 5.69 Å². The van der Waals surface area contributed by atoms with Gasteiger partial charge < -0.3 is 0 Å². The van der Waals surface area contributed by atoms with E-state index in [9.17, 15) is 4.79 Å². The van der Waals surface area contributed by atoms with Gasteiger partial charge in [-0.1, -0.05) is 48.5 Å². The van der Waals surface area contributed by atoms with Crippen molar-refractivity contribution in [3.8, 4) is 11.1 Å². The third kappa shape index (κ3) is 2.84. The highest BCUT2D eigenvalue weighted by Gasteiger charge is 2.03. The molecule has 1 amide bonds. The third-order valence-corrected chi connectivity index (χ3v) is 2.39. The summed E-state index contributed by atoms with van der Waals surface area (Å²) in [6, 6.07) is 17.9. The molecule has 0 aliphatic carbocycles. The molecule has 3 heteroatoms. The molecule has 2 aromatic rings. The Morgan fingerprint density at radius 1 is 0.941 bits per heavy atom. The number of rotatable bonds is 3. The zero-order valence-corrected chi connectivity index (χ0v) is 9.60. The molecule has 2 aromatic carbocycles. The highest BCUT2D eigenvalue weighted by atomic mass is 16.2. The van der Waals surface area contributed by atoms with E-state index < -0.39 is 0 Å². The molecule has 17 heavy (non-hydrogen) atoms. The van der Waals surface area contributed by atoms with Crippen molar-refractivity contribution in [3.63, 3.8) is 0 Å². The Kier molecular flexibility index (Phi) is 3.40. The summed E-state index contributed by atoms with van der Waals surface area (Å²) >= 11 is 0. The first-order valence-electron chi connectivity index (χ1n) is 5.44. The molecule has 2 rings (SSSR count). The third-order valence-electron chi connectivity index (χ3n) is 2.39. The summed E-state index contributed by atoms with van der Waals surface area (Å²) in [6.07, 6.45) is 0. The van der Waals surface area contributed by atoms with Gasteiger partial charge in [0.2, 0.25) is 5.91 Å². The number of carbonyl (C=O) groups is 1. The Hall–Kier alpha value is -2.29. The number of hydrogen-bond donors (Lipinski definition) is 2. The first kappa shape index (κ1) is 11.2. The molecule has 2 N–H and O–H groups in total. The first-order chi connectivity index (χ1) is 8.27. The minimum atomic E-state index is -0.118. The molecule has 3 nitrogen and oxygen atoms in total. The van der Waals surface area contributed by atoms with E-state index in [0.29, 0.717) is 0 Å². The average molecular weight is 226 g/mol. The Balaban J connectivity index is 2.31. The second-order valence-corrected chi connectivity index (χ2v) is 3.72. The van der Waals surface area contributed by atoms with E-state index in [1.54, 1.807) is 0 Å². The summed E-state index contributed by atoms with van der Waals surface area (Å²) in [5.41, 5.74) is 8.55. The van der Waals surface area contributed by atoms with Gasteiger partial charge >= 0.3 is 0 Å². The van der Waals surface area contributed by atoms with Gasteiger partial charge in [-0.15, -0.1) is 0 Å². The van der Waals surface area contributed by atoms with Crippen LogP contribution in [-0.4, -0.2) is 5.91 Å².